The van der Waals surface area contributed by atoms with Crippen molar-refractivity contribution in [1.29, 1.82) is 0 Å². The van der Waals surface area contributed by atoms with E-state index in [0.717, 1.165) is 0 Å². The fraction of sp³-hybridized carbons (Fsp3) is 0.138. The van der Waals surface area contributed by atoms with Crippen molar-refractivity contribution in [2.24, 2.45) is 0 Å². The highest BCUT2D eigenvalue weighted by Gasteiger charge is 2.26. The molecule has 1 heterocycles. The zero-order valence-electron chi connectivity index (χ0n) is 19.2. The van der Waals surface area contributed by atoms with Crippen LogP contribution >= 0.6 is 0 Å². The molecule has 36 heavy (non-hydrogen) atoms. The van der Waals surface area contributed by atoms with Gasteiger partial charge in [0, 0.05) is 11.1 Å². The second-order valence-corrected chi connectivity index (χ2v) is 8.56. The molecule has 1 aliphatic rings. The number of carbonyl (C=O) groups is 1. The van der Waals surface area contributed by atoms with E-state index in [1.54, 1.807) is 37.3 Å². The number of aliphatic hydroxyl groups excluding tert-OH is 1. The SMILES string of the molecule is CC(O)c1ccc(-c2ccc(-c3ccc(OC(=O)c4ccc(C5CO5)cc4F)cc3)c(F)c2F)cc1. The van der Waals surface area contributed by atoms with Crippen LogP contribution in [-0.2, 0) is 4.74 Å². The van der Waals surface area contributed by atoms with Crippen LogP contribution in [0.5, 0.6) is 5.75 Å². The minimum atomic E-state index is -1.02. The fourth-order valence-corrected chi connectivity index (χ4v) is 3.94. The van der Waals surface area contributed by atoms with Crippen molar-refractivity contribution in [2.45, 2.75) is 19.1 Å². The maximum Gasteiger partial charge on any atom is 0.346 e. The monoisotopic (exact) mass is 490 g/mol. The van der Waals surface area contributed by atoms with Gasteiger partial charge in [-0.05, 0) is 53.4 Å². The summed E-state index contributed by atoms with van der Waals surface area (Å²) >= 11 is 0. The van der Waals surface area contributed by atoms with Crippen molar-refractivity contribution in [3.8, 4) is 28.0 Å². The predicted molar refractivity (Wildman–Crippen MR) is 128 cm³/mol. The van der Waals surface area contributed by atoms with Gasteiger partial charge >= 0.3 is 5.97 Å². The third-order valence-corrected chi connectivity index (χ3v) is 6.08. The quantitative estimate of drug-likeness (QED) is 0.184. The molecular weight excluding hydrogens is 469 g/mol. The van der Waals surface area contributed by atoms with E-state index in [4.69, 9.17) is 9.47 Å². The smallest absolute Gasteiger partial charge is 0.346 e. The van der Waals surface area contributed by atoms with Crippen LogP contribution in [-0.4, -0.2) is 17.7 Å². The van der Waals surface area contributed by atoms with E-state index in [1.807, 2.05) is 0 Å². The molecule has 0 spiro atoms. The van der Waals surface area contributed by atoms with Crippen LogP contribution in [0.2, 0.25) is 0 Å². The number of benzene rings is 4. The summed E-state index contributed by atoms with van der Waals surface area (Å²) in [4.78, 5) is 12.4. The van der Waals surface area contributed by atoms with E-state index >= 15 is 0 Å². The van der Waals surface area contributed by atoms with Crippen LogP contribution in [0.4, 0.5) is 13.2 Å². The highest BCUT2D eigenvalue weighted by atomic mass is 19.2. The summed E-state index contributed by atoms with van der Waals surface area (Å²) in [5, 5.41) is 9.63. The van der Waals surface area contributed by atoms with Gasteiger partial charge in [-0.2, -0.15) is 0 Å². The van der Waals surface area contributed by atoms with Gasteiger partial charge in [0.25, 0.3) is 0 Å². The van der Waals surface area contributed by atoms with Crippen molar-refractivity contribution >= 4 is 5.97 Å². The Morgan fingerprint density at radius 3 is 1.94 bits per heavy atom. The second kappa shape index (κ2) is 9.60. The average Bonchev–Trinajstić information content (AvgIpc) is 3.72. The molecule has 1 saturated heterocycles. The predicted octanol–water partition coefficient (Wildman–Crippen LogP) is 6.78. The highest BCUT2D eigenvalue weighted by molar-refractivity contribution is 5.91. The standard InChI is InChI=1S/C29H21F3O4/c1-16(33)17-2-4-18(5-3-17)22-12-13-23(28(32)27(22)31)19-6-9-21(10-7-19)36-29(34)24-11-8-20(14-25(24)30)26-15-35-26/h2-14,16,26,33H,15H2,1H3. The van der Waals surface area contributed by atoms with Gasteiger partial charge in [-0.15, -0.1) is 0 Å². The van der Waals surface area contributed by atoms with Gasteiger partial charge in [-0.25, -0.2) is 18.0 Å². The van der Waals surface area contributed by atoms with Crippen LogP contribution < -0.4 is 4.74 Å². The van der Waals surface area contributed by atoms with Gasteiger partial charge in [0.15, 0.2) is 11.6 Å². The molecule has 0 radical (unpaired) electrons. The molecule has 0 amide bonds. The first-order valence-corrected chi connectivity index (χ1v) is 11.3. The lowest BCUT2D eigenvalue weighted by Crippen LogP contribution is -2.11. The Kier molecular flexibility index (Phi) is 6.35. The number of esters is 1. The Morgan fingerprint density at radius 1 is 0.889 bits per heavy atom. The number of hydrogen-bond donors (Lipinski definition) is 1. The zero-order valence-corrected chi connectivity index (χ0v) is 19.2. The van der Waals surface area contributed by atoms with Gasteiger partial charge in [-0.1, -0.05) is 54.6 Å². The molecule has 182 valence electrons. The van der Waals surface area contributed by atoms with Gasteiger partial charge in [0.2, 0.25) is 0 Å². The maximum absolute atomic E-state index is 15.0. The third kappa shape index (κ3) is 4.76. The van der Waals surface area contributed by atoms with E-state index in [9.17, 15) is 23.1 Å². The van der Waals surface area contributed by atoms with Crippen LogP contribution in [0, 0.1) is 17.5 Å². The Bertz CT molecular complexity index is 1430. The number of epoxide rings is 1. The van der Waals surface area contributed by atoms with Gasteiger partial charge < -0.3 is 14.6 Å². The van der Waals surface area contributed by atoms with Crippen LogP contribution in [0.3, 0.4) is 0 Å². The topological polar surface area (TPSA) is 59.1 Å². The molecule has 1 N–H and O–H groups in total. The largest absolute Gasteiger partial charge is 0.423 e. The van der Waals surface area contributed by atoms with Gasteiger partial charge in [0.1, 0.15) is 17.7 Å². The summed E-state index contributed by atoms with van der Waals surface area (Å²) in [5.41, 5.74) is 2.11. The summed E-state index contributed by atoms with van der Waals surface area (Å²) in [5.74, 6) is -3.45. The van der Waals surface area contributed by atoms with E-state index < -0.39 is 29.5 Å². The minimum Gasteiger partial charge on any atom is -0.423 e. The molecule has 1 aliphatic heterocycles. The fourth-order valence-electron chi connectivity index (χ4n) is 3.94. The second-order valence-electron chi connectivity index (χ2n) is 8.56. The molecule has 4 aromatic carbocycles. The van der Waals surface area contributed by atoms with E-state index in [1.165, 1.54) is 48.5 Å². The number of carbonyl (C=O) groups excluding carboxylic acids is 1. The Labute approximate surface area is 205 Å². The normalized spacial score (nSPS) is 15.4. The molecule has 0 aliphatic carbocycles. The number of ether oxygens (including phenoxy) is 2. The molecule has 4 nitrogen and oxygen atoms in total. The molecule has 0 saturated carbocycles. The number of hydrogen-bond acceptors (Lipinski definition) is 4. The van der Waals surface area contributed by atoms with Crippen molar-refractivity contribution in [1.82, 2.24) is 0 Å². The maximum atomic E-state index is 15.0. The minimum absolute atomic E-state index is 0.0404. The first-order valence-electron chi connectivity index (χ1n) is 11.3. The molecule has 2 atom stereocenters. The van der Waals surface area contributed by atoms with Crippen molar-refractivity contribution in [2.75, 3.05) is 6.61 Å². The van der Waals surface area contributed by atoms with Gasteiger partial charge in [-0.3, -0.25) is 0 Å². The Morgan fingerprint density at radius 2 is 1.44 bits per heavy atom. The number of halogens is 3. The summed E-state index contributed by atoms with van der Waals surface area (Å²) in [6.45, 7) is 2.15. The zero-order chi connectivity index (χ0) is 25.4. The lowest BCUT2D eigenvalue weighted by molar-refractivity contribution is 0.0730. The Balaban J connectivity index is 1.33. The van der Waals surface area contributed by atoms with Gasteiger partial charge in [0.05, 0.1) is 18.3 Å². The molecule has 5 rings (SSSR count). The first-order chi connectivity index (χ1) is 17.3. The van der Waals surface area contributed by atoms with Crippen LogP contribution in [0.25, 0.3) is 22.3 Å². The van der Waals surface area contributed by atoms with E-state index in [-0.39, 0.29) is 28.5 Å². The highest BCUT2D eigenvalue weighted by Crippen LogP contribution is 2.33. The lowest BCUT2D eigenvalue weighted by Gasteiger charge is -2.11. The molecule has 7 heteroatoms. The average molecular weight is 490 g/mol. The third-order valence-electron chi connectivity index (χ3n) is 6.08. The molecular formula is C29H21F3O4. The van der Waals surface area contributed by atoms with E-state index in [2.05, 4.69) is 0 Å². The molecule has 0 bridgehead atoms. The summed E-state index contributed by atoms with van der Waals surface area (Å²) < 4.78 is 54.6. The van der Waals surface area contributed by atoms with E-state index in [0.29, 0.717) is 28.9 Å². The molecule has 1 fully saturated rings. The van der Waals surface area contributed by atoms with Crippen LogP contribution in [0.1, 0.15) is 40.6 Å². The van der Waals surface area contributed by atoms with Crippen molar-refractivity contribution < 1.29 is 32.5 Å². The summed E-state index contributed by atoms with van der Waals surface area (Å²) in [6, 6.07) is 19.6. The molecule has 2 unspecified atom stereocenters. The van der Waals surface area contributed by atoms with Crippen molar-refractivity contribution in [3.63, 3.8) is 0 Å². The van der Waals surface area contributed by atoms with Crippen LogP contribution in [0.15, 0.2) is 78.9 Å². The molecule has 0 aromatic heterocycles. The summed E-state index contributed by atoms with van der Waals surface area (Å²) in [7, 11) is 0. The Hall–Kier alpha value is -3.94. The first kappa shape index (κ1) is 23.8. The number of rotatable bonds is 6. The lowest BCUT2D eigenvalue weighted by atomic mass is 9.97. The molecule has 4 aromatic rings. The van der Waals surface area contributed by atoms with Crippen molar-refractivity contribution in [3.05, 3.63) is 113 Å². The number of aliphatic hydroxyl groups is 1. The summed E-state index contributed by atoms with van der Waals surface area (Å²) in [6.07, 6.45) is -0.792.